The highest BCUT2D eigenvalue weighted by Gasteiger charge is 2.41. The second kappa shape index (κ2) is 7.71. The lowest BCUT2D eigenvalue weighted by atomic mass is 10.1. The molecule has 0 radical (unpaired) electrons. The van der Waals surface area contributed by atoms with Gasteiger partial charge in [-0.3, -0.25) is 10.1 Å². The summed E-state index contributed by atoms with van der Waals surface area (Å²) in [5.74, 6) is -1.10. The number of hydrogen-bond acceptors (Lipinski definition) is 6. The van der Waals surface area contributed by atoms with Crippen molar-refractivity contribution in [2.75, 3.05) is 11.1 Å². The largest absolute Gasteiger partial charge is 0.361 e. The van der Waals surface area contributed by atoms with E-state index in [1.165, 1.54) is 17.8 Å². The van der Waals surface area contributed by atoms with Crippen LogP contribution in [-0.2, 0) is 0 Å². The second-order valence-corrected chi connectivity index (χ2v) is 7.29. The van der Waals surface area contributed by atoms with Gasteiger partial charge in [0.05, 0.1) is 4.92 Å². The van der Waals surface area contributed by atoms with Crippen LogP contribution >= 0.6 is 23.4 Å². The van der Waals surface area contributed by atoms with Gasteiger partial charge in [0.25, 0.3) is 0 Å². The summed E-state index contributed by atoms with van der Waals surface area (Å²) in [6.07, 6.45) is 1.52. The van der Waals surface area contributed by atoms with Gasteiger partial charge in [-0.2, -0.15) is 4.98 Å². The van der Waals surface area contributed by atoms with Crippen molar-refractivity contribution in [1.82, 2.24) is 9.97 Å². The third-order valence-electron chi connectivity index (χ3n) is 3.92. The van der Waals surface area contributed by atoms with Gasteiger partial charge >= 0.3 is 5.69 Å². The molecule has 2 aromatic rings. The lowest BCUT2D eigenvalue weighted by Gasteiger charge is -2.09. The van der Waals surface area contributed by atoms with E-state index in [1.54, 1.807) is 0 Å². The van der Waals surface area contributed by atoms with Gasteiger partial charge in [-0.05, 0) is 30.5 Å². The number of nitro groups is 1. The second-order valence-electron chi connectivity index (χ2n) is 5.87. The first-order valence-corrected chi connectivity index (χ1v) is 9.33. The normalized spacial score (nSPS) is 18.6. The number of rotatable bonds is 7. The monoisotopic (exact) mass is 400 g/mol. The van der Waals surface area contributed by atoms with E-state index >= 15 is 0 Å². The van der Waals surface area contributed by atoms with Gasteiger partial charge in [0, 0.05) is 17.7 Å². The molecule has 1 aromatic carbocycles. The molecule has 0 saturated heterocycles. The molecule has 1 N–H and O–H groups in total. The summed E-state index contributed by atoms with van der Waals surface area (Å²) < 4.78 is 26.4. The molecule has 10 heteroatoms. The van der Waals surface area contributed by atoms with Gasteiger partial charge in [0.1, 0.15) is 0 Å². The Morgan fingerprint density at radius 1 is 1.38 bits per heavy atom. The van der Waals surface area contributed by atoms with Gasteiger partial charge in [0.15, 0.2) is 16.8 Å². The zero-order valence-corrected chi connectivity index (χ0v) is 15.3. The third kappa shape index (κ3) is 4.04. The van der Waals surface area contributed by atoms with Crippen LogP contribution in [0, 0.1) is 21.7 Å². The SMILES string of the molecule is CCCSc1nc(Cl)c([N+](=O)[O-])c(NC2C[C@H]2c2ccc(F)c(F)c2)n1. The zero-order chi connectivity index (χ0) is 18.8. The average molecular weight is 401 g/mol. The molecule has 138 valence electrons. The lowest BCUT2D eigenvalue weighted by molar-refractivity contribution is -0.384. The Morgan fingerprint density at radius 3 is 2.81 bits per heavy atom. The molecule has 3 rings (SSSR count). The molecule has 1 unspecified atom stereocenters. The van der Waals surface area contributed by atoms with Crippen molar-refractivity contribution >= 4 is 34.9 Å². The Balaban J connectivity index is 1.81. The summed E-state index contributed by atoms with van der Waals surface area (Å²) >= 11 is 7.32. The molecule has 0 amide bonds. The standard InChI is InChI=1S/C16H15ClF2N4O2S/c1-2-5-26-16-21-14(17)13(23(24)25)15(22-16)20-12-7-9(12)8-3-4-10(18)11(19)6-8/h3-4,6,9,12H,2,5,7H2,1H3,(H,20,21,22)/t9-,12?/m0/s1. The number of aromatic nitrogens is 2. The molecule has 1 aromatic heterocycles. The molecule has 26 heavy (non-hydrogen) atoms. The quantitative estimate of drug-likeness (QED) is 0.237. The molecule has 0 spiro atoms. The summed E-state index contributed by atoms with van der Waals surface area (Å²) in [6, 6.07) is 3.55. The van der Waals surface area contributed by atoms with Crippen LogP contribution < -0.4 is 5.32 Å². The van der Waals surface area contributed by atoms with Crippen molar-refractivity contribution < 1.29 is 13.7 Å². The summed E-state index contributed by atoms with van der Waals surface area (Å²) in [5.41, 5.74) is 0.244. The molecular formula is C16H15ClF2N4O2S. The van der Waals surface area contributed by atoms with Gasteiger partial charge in [-0.1, -0.05) is 36.4 Å². The molecule has 1 heterocycles. The number of anilines is 1. The number of nitrogens with zero attached hydrogens (tertiary/aromatic N) is 3. The summed E-state index contributed by atoms with van der Waals surface area (Å²) in [5, 5.41) is 14.4. The van der Waals surface area contributed by atoms with Gasteiger partial charge < -0.3 is 5.32 Å². The van der Waals surface area contributed by atoms with E-state index < -0.39 is 16.6 Å². The minimum absolute atomic E-state index is 0.0451. The molecule has 1 aliphatic carbocycles. The Bertz CT molecular complexity index is 855. The first-order chi connectivity index (χ1) is 12.4. The Hall–Kier alpha value is -2.00. The van der Waals surface area contributed by atoms with E-state index in [-0.39, 0.29) is 28.6 Å². The van der Waals surface area contributed by atoms with Crippen molar-refractivity contribution in [3.8, 4) is 0 Å². The molecule has 6 nitrogen and oxygen atoms in total. The number of thioether (sulfide) groups is 1. The van der Waals surface area contributed by atoms with Crippen LogP contribution in [0.5, 0.6) is 0 Å². The molecule has 1 saturated carbocycles. The molecule has 0 bridgehead atoms. The Kier molecular flexibility index (Phi) is 5.57. The van der Waals surface area contributed by atoms with Crippen molar-refractivity contribution in [1.29, 1.82) is 0 Å². The number of nitrogens with one attached hydrogen (secondary N) is 1. The Morgan fingerprint density at radius 2 is 2.15 bits per heavy atom. The average Bonchev–Trinajstić information content (AvgIpc) is 3.33. The highest BCUT2D eigenvalue weighted by Crippen LogP contribution is 2.44. The maximum Gasteiger partial charge on any atom is 0.348 e. The van der Waals surface area contributed by atoms with Gasteiger partial charge in [0.2, 0.25) is 11.0 Å². The van der Waals surface area contributed by atoms with Crippen LogP contribution in [0.2, 0.25) is 5.15 Å². The van der Waals surface area contributed by atoms with Crippen molar-refractivity contribution in [3.63, 3.8) is 0 Å². The van der Waals surface area contributed by atoms with E-state index in [2.05, 4.69) is 15.3 Å². The van der Waals surface area contributed by atoms with Gasteiger partial charge in [-0.25, -0.2) is 13.8 Å². The van der Waals surface area contributed by atoms with E-state index in [0.29, 0.717) is 17.1 Å². The maximum absolute atomic E-state index is 13.4. The zero-order valence-electron chi connectivity index (χ0n) is 13.7. The van der Waals surface area contributed by atoms with Crippen LogP contribution in [0.15, 0.2) is 23.4 Å². The fourth-order valence-corrected chi connectivity index (χ4v) is 3.56. The smallest absolute Gasteiger partial charge is 0.348 e. The fraction of sp³-hybridized carbons (Fsp3) is 0.375. The van der Waals surface area contributed by atoms with E-state index in [4.69, 9.17) is 11.6 Å². The number of halogens is 3. The molecule has 0 aliphatic heterocycles. The van der Waals surface area contributed by atoms with Crippen molar-refractivity contribution in [3.05, 3.63) is 50.7 Å². The Labute approximate surface area is 157 Å². The predicted octanol–water partition coefficient (Wildman–Crippen LogP) is 4.79. The highest BCUT2D eigenvalue weighted by atomic mass is 35.5. The van der Waals surface area contributed by atoms with E-state index in [1.807, 2.05) is 6.92 Å². The predicted molar refractivity (Wildman–Crippen MR) is 95.8 cm³/mol. The highest BCUT2D eigenvalue weighted by molar-refractivity contribution is 7.99. The van der Waals surface area contributed by atoms with Crippen molar-refractivity contribution in [2.24, 2.45) is 0 Å². The summed E-state index contributed by atoms with van der Waals surface area (Å²) in [4.78, 5) is 18.9. The molecule has 2 atom stereocenters. The summed E-state index contributed by atoms with van der Waals surface area (Å²) in [6.45, 7) is 2.00. The number of benzene rings is 1. The molecule has 1 fully saturated rings. The fourth-order valence-electron chi connectivity index (χ4n) is 2.57. The topological polar surface area (TPSA) is 81.0 Å². The first kappa shape index (κ1) is 18.8. The molecular weight excluding hydrogens is 386 g/mol. The van der Waals surface area contributed by atoms with E-state index in [0.717, 1.165) is 24.3 Å². The van der Waals surface area contributed by atoms with Gasteiger partial charge in [-0.15, -0.1) is 0 Å². The minimum Gasteiger partial charge on any atom is -0.361 e. The van der Waals surface area contributed by atoms with Crippen LogP contribution in [0.3, 0.4) is 0 Å². The van der Waals surface area contributed by atoms with Crippen LogP contribution in [0.25, 0.3) is 0 Å². The third-order valence-corrected chi connectivity index (χ3v) is 5.24. The van der Waals surface area contributed by atoms with Crippen LogP contribution in [0.1, 0.15) is 31.2 Å². The lowest BCUT2D eigenvalue weighted by Crippen LogP contribution is -2.10. The molecule has 1 aliphatic rings. The maximum atomic E-state index is 13.4. The first-order valence-electron chi connectivity index (χ1n) is 7.97. The van der Waals surface area contributed by atoms with Crippen LogP contribution in [0.4, 0.5) is 20.3 Å². The van der Waals surface area contributed by atoms with E-state index in [9.17, 15) is 18.9 Å². The number of hydrogen-bond donors (Lipinski definition) is 1. The summed E-state index contributed by atoms with van der Waals surface area (Å²) in [7, 11) is 0. The van der Waals surface area contributed by atoms with Crippen molar-refractivity contribution in [2.45, 2.75) is 36.9 Å². The van der Waals surface area contributed by atoms with Crippen LogP contribution in [-0.4, -0.2) is 26.7 Å². The minimum atomic E-state index is -0.914.